The Balaban J connectivity index is 2.88. The molecule has 1 aromatic carbocycles. The van der Waals surface area contributed by atoms with Crippen molar-refractivity contribution in [3.63, 3.8) is 0 Å². The highest BCUT2D eigenvalue weighted by Gasteiger charge is 2.19. The van der Waals surface area contributed by atoms with E-state index in [-0.39, 0.29) is 11.2 Å². The molecule has 0 spiro atoms. The maximum atomic E-state index is 11.0. The number of rotatable bonds is 7. The van der Waals surface area contributed by atoms with Gasteiger partial charge in [0.2, 0.25) is 0 Å². The summed E-state index contributed by atoms with van der Waals surface area (Å²) in [5.41, 5.74) is 2.60. The fraction of sp³-hybridized carbons (Fsp3) is 0.632. The molecule has 0 fully saturated rings. The van der Waals surface area contributed by atoms with Crippen molar-refractivity contribution in [2.75, 3.05) is 6.61 Å². The number of carbonyl (C=O) groups excluding carboxylic acids is 1. The summed E-state index contributed by atoms with van der Waals surface area (Å²) < 4.78 is 5.97. The van der Waals surface area contributed by atoms with Crippen LogP contribution in [-0.4, -0.2) is 12.4 Å². The quantitative estimate of drug-likeness (QED) is 0.711. The standard InChI is InChI=1S/C19H30O2/c1-14(2)13-21-18-11-10-16(9-7-8-15(3)20)12-17(18)19(4,5)6/h10-12,14H,7-9,13H2,1-6H3. The molecule has 0 aliphatic heterocycles. The van der Waals surface area contributed by atoms with Crippen LogP contribution >= 0.6 is 0 Å². The van der Waals surface area contributed by atoms with Crippen LogP contribution in [0.3, 0.4) is 0 Å². The molecule has 0 unspecified atom stereocenters. The normalized spacial score (nSPS) is 11.8. The molecule has 0 radical (unpaired) electrons. The Kier molecular flexibility index (Phi) is 6.44. The van der Waals surface area contributed by atoms with Gasteiger partial charge in [-0.1, -0.05) is 46.8 Å². The molecular formula is C19H30O2. The molecule has 21 heavy (non-hydrogen) atoms. The third kappa shape index (κ3) is 6.33. The van der Waals surface area contributed by atoms with E-state index in [4.69, 9.17) is 4.74 Å². The van der Waals surface area contributed by atoms with Crippen molar-refractivity contribution < 1.29 is 9.53 Å². The first kappa shape index (κ1) is 17.7. The first-order chi connectivity index (χ1) is 9.70. The Morgan fingerprint density at radius 2 is 1.90 bits per heavy atom. The number of benzene rings is 1. The minimum Gasteiger partial charge on any atom is -0.493 e. The van der Waals surface area contributed by atoms with Crippen molar-refractivity contribution in [3.05, 3.63) is 29.3 Å². The van der Waals surface area contributed by atoms with Gasteiger partial charge in [0.1, 0.15) is 11.5 Å². The molecule has 0 N–H and O–H groups in total. The van der Waals surface area contributed by atoms with Crippen molar-refractivity contribution in [2.24, 2.45) is 5.92 Å². The predicted octanol–water partition coefficient (Wildman–Crippen LogP) is 4.93. The molecule has 0 aromatic heterocycles. The first-order valence-electron chi connectivity index (χ1n) is 7.96. The van der Waals surface area contributed by atoms with Crippen LogP contribution in [0.15, 0.2) is 18.2 Å². The van der Waals surface area contributed by atoms with Gasteiger partial charge in [0.05, 0.1) is 6.61 Å². The van der Waals surface area contributed by atoms with Crippen LogP contribution in [-0.2, 0) is 16.6 Å². The Hall–Kier alpha value is -1.31. The predicted molar refractivity (Wildman–Crippen MR) is 89.1 cm³/mol. The lowest BCUT2D eigenvalue weighted by molar-refractivity contribution is -0.117. The highest BCUT2D eigenvalue weighted by molar-refractivity contribution is 5.75. The molecule has 0 aliphatic carbocycles. The number of carbonyl (C=O) groups is 1. The van der Waals surface area contributed by atoms with Gasteiger partial charge in [-0.05, 0) is 48.3 Å². The van der Waals surface area contributed by atoms with Crippen LogP contribution in [0.2, 0.25) is 0 Å². The van der Waals surface area contributed by atoms with E-state index in [9.17, 15) is 4.79 Å². The van der Waals surface area contributed by atoms with Crippen LogP contribution in [0.1, 0.15) is 65.5 Å². The van der Waals surface area contributed by atoms with E-state index in [2.05, 4.69) is 52.8 Å². The largest absolute Gasteiger partial charge is 0.493 e. The van der Waals surface area contributed by atoms with Crippen molar-refractivity contribution >= 4 is 5.78 Å². The molecule has 0 bridgehead atoms. The number of ketones is 1. The smallest absolute Gasteiger partial charge is 0.129 e. The molecule has 0 aliphatic rings. The van der Waals surface area contributed by atoms with Crippen LogP contribution in [0.4, 0.5) is 0 Å². The van der Waals surface area contributed by atoms with Crippen molar-refractivity contribution in [1.29, 1.82) is 0 Å². The minimum absolute atomic E-state index is 0.0584. The summed E-state index contributed by atoms with van der Waals surface area (Å²) >= 11 is 0. The van der Waals surface area contributed by atoms with Gasteiger partial charge >= 0.3 is 0 Å². The molecule has 0 saturated heterocycles. The summed E-state index contributed by atoms with van der Waals surface area (Å²) in [5.74, 6) is 1.78. The summed E-state index contributed by atoms with van der Waals surface area (Å²) in [5, 5.41) is 0. The minimum atomic E-state index is 0.0584. The Morgan fingerprint density at radius 3 is 2.43 bits per heavy atom. The molecule has 2 nitrogen and oxygen atoms in total. The van der Waals surface area contributed by atoms with Crippen LogP contribution in [0.25, 0.3) is 0 Å². The zero-order chi connectivity index (χ0) is 16.0. The van der Waals surface area contributed by atoms with E-state index < -0.39 is 0 Å². The van der Waals surface area contributed by atoms with E-state index in [1.807, 2.05) is 0 Å². The number of aryl methyl sites for hydroxylation is 1. The molecule has 0 amide bonds. The van der Waals surface area contributed by atoms with Gasteiger partial charge in [0, 0.05) is 6.42 Å². The molecule has 0 atom stereocenters. The SMILES string of the molecule is CC(=O)CCCc1ccc(OCC(C)C)c(C(C)(C)C)c1. The van der Waals surface area contributed by atoms with E-state index >= 15 is 0 Å². The van der Waals surface area contributed by atoms with Crippen LogP contribution in [0.5, 0.6) is 5.75 Å². The van der Waals surface area contributed by atoms with Gasteiger partial charge in [0.15, 0.2) is 0 Å². The van der Waals surface area contributed by atoms with Gasteiger partial charge in [0.25, 0.3) is 0 Å². The third-order valence-corrected chi connectivity index (χ3v) is 3.42. The van der Waals surface area contributed by atoms with Crippen molar-refractivity contribution in [2.45, 2.75) is 66.2 Å². The van der Waals surface area contributed by atoms with Gasteiger partial charge in [-0.2, -0.15) is 0 Å². The van der Waals surface area contributed by atoms with E-state index in [1.54, 1.807) is 6.92 Å². The van der Waals surface area contributed by atoms with E-state index in [0.29, 0.717) is 12.3 Å². The number of Topliss-reactive ketones (excluding diaryl/α,β-unsaturated/α-hetero) is 1. The van der Waals surface area contributed by atoms with Crippen molar-refractivity contribution in [3.8, 4) is 5.75 Å². The molecular weight excluding hydrogens is 260 g/mol. The first-order valence-corrected chi connectivity index (χ1v) is 7.96. The maximum absolute atomic E-state index is 11.0. The van der Waals surface area contributed by atoms with Crippen molar-refractivity contribution in [1.82, 2.24) is 0 Å². The van der Waals surface area contributed by atoms with Gasteiger partial charge in [-0.3, -0.25) is 0 Å². The molecule has 118 valence electrons. The highest BCUT2D eigenvalue weighted by atomic mass is 16.5. The van der Waals surface area contributed by atoms with E-state index in [0.717, 1.165) is 25.2 Å². The number of hydrogen-bond acceptors (Lipinski definition) is 2. The van der Waals surface area contributed by atoms with Gasteiger partial charge in [-0.15, -0.1) is 0 Å². The Morgan fingerprint density at radius 1 is 1.24 bits per heavy atom. The maximum Gasteiger partial charge on any atom is 0.129 e. The lowest BCUT2D eigenvalue weighted by atomic mass is 9.85. The second-order valence-electron chi connectivity index (χ2n) is 7.34. The second-order valence-corrected chi connectivity index (χ2v) is 7.34. The van der Waals surface area contributed by atoms with Crippen LogP contribution < -0.4 is 4.74 Å². The summed E-state index contributed by atoms with van der Waals surface area (Å²) in [4.78, 5) is 11.0. The molecule has 1 aromatic rings. The average Bonchev–Trinajstić information content (AvgIpc) is 2.35. The van der Waals surface area contributed by atoms with Crippen LogP contribution in [0, 0.1) is 5.92 Å². The second kappa shape index (κ2) is 7.63. The fourth-order valence-electron chi connectivity index (χ4n) is 2.24. The highest BCUT2D eigenvalue weighted by Crippen LogP contribution is 2.32. The lowest BCUT2D eigenvalue weighted by Gasteiger charge is -2.24. The summed E-state index contributed by atoms with van der Waals surface area (Å²) in [6, 6.07) is 6.47. The Bertz CT molecular complexity index is 467. The summed E-state index contributed by atoms with van der Waals surface area (Å²) in [6.45, 7) is 13.4. The molecule has 0 saturated carbocycles. The monoisotopic (exact) mass is 290 g/mol. The average molecular weight is 290 g/mol. The lowest BCUT2D eigenvalue weighted by Crippen LogP contribution is -2.15. The zero-order valence-electron chi connectivity index (χ0n) is 14.5. The fourth-order valence-corrected chi connectivity index (χ4v) is 2.24. The number of hydrogen-bond donors (Lipinski definition) is 0. The topological polar surface area (TPSA) is 26.3 Å². The summed E-state index contributed by atoms with van der Waals surface area (Å²) in [6.07, 6.45) is 2.54. The summed E-state index contributed by atoms with van der Waals surface area (Å²) in [7, 11) is 0. The zero-order valence-corrected chi connectivity index (χ0v) is 14.5. The van der Waals surface area contributed by atoms with Gasteiger partial charge < -0.3 is 9.53 Å². The third-order valence-electron chi connectivity index (χ3n) is 3.42. The Labute approximate surface area is 129 Å². The van der Waals surface area contributed by atoms with E-state index in [1.165, 1.54) is 11.1 Å². The molecule has 1 rings (SSSR count). The molecule has 0 heterocycles. The number of ether oxygens (including phenoxy) is 1. The van der Waals surface area contributed by atoms with Gasteiger partial charge in [-0.25, -0.2) is 0 Å². The molecule has 2 heteroatoms.